The number of carboxylic acid groups (broad SMARTS) is 1. The first-order valence-electron chi connectivity index (χ1n) is 6.27. The molecule has 1 aromatic carbocycles. The molecule has 6 heteroatoms. The molecule has 0 spiro atoms. The first kappa shape index (κ1) is 14.2. The number of ether oxygens (including phenoxy) is 1. The first-order chi connectivity index (χ1) is 9.47. The normalized spacial score (nSPS) is 21.4. The second-order valence-electron chi connectivity index (χ2n) is 4.66. The molecule has 106 valence electrons. The lowest BCUT2D eigenvalue weighted by Gasteiger charge is -2.12. The highest BCUT2D eigenvalue weighted by Crippen LogP contribution is 2.21. The van der Waals surface area contributed by atoms with E-state index in [0.717, 1.165) is 0 Å². The average molecular weight is 277 g/mol. The Bertz CT molecular complexity index is 554. The van der Waals surface area contributed by atoms with Crippen LogP contribution in [0.4, 0.5) is 5.69 Å². The second-order valence-corrected chi connectivity index (χ2v) is 4.66. The minimum absolute atomic E-state index is 0.0934. The van der Waals surface area contributed by atoms with Crippen LogP contribution in [0.1, 0.15) is 30.1 Å². The monoisotopic (exact) mass is 277 g/mol. The van der Waals surface area contributed by atoms with Gasteiger partial charge in [-0.25, -0.2) is 4.79 Å². The molecule has 0 radical (unpaired) electrons. The van der Waals surface area contributed by atoms with E-state index >= 15 is 0 Å². The van der Waals surface area contributed by atoms with Gasteiger partial charge in [0.25, 0.3) is 5.91 Å². The number of nitrogens with one attached hydrogen (secondary N) is 1. The van der Waals surface area contributed by atoms with Gasteiger partial charge in [0.05, 0.1) is 0 Å². The van der Waals surface area contributed by atoms with E-state index in [1.165, 1.54) is 6.92 Å². The Morgan fingerprint density at radius 2 is 1.95 bits per heavy atom. The number of amides is 1. The van der Waals surface area contributed by atoms with Gasteiger partial charge in [-0.15, -0.1) is 0 Å². The molecule has 0 aromatic heterocycles. The van der Waals surface area contributed by atoms with Crippen LogP contribution in [0.25, 0.3) is 0 Å². The lowest BCUT2D eigenvalue weighted by molar-refractivity contribution is -0.150. The molecule has 20 heavy (non-hydrogen) atoms. The molecule has 6 nitrogen and oxygen atoms in total. The molecule has 1 fully saturated rings. The van der Waals surface area contributed by atoms with E-state index in [2.05, 4.69) is 5.32 Å². The molecule has 1 saturated heterocycles. The number of aliphatic carboxylic acids is 1. The van der Waals surface area contributed by atoms with Crippen LogP contribution in [-0.4, -0.2) is 35.0 Å². The molecule has 2 rings (SSSR count). The summed E-state index contributed by atoms with van der Waals surface area (Å²) in [5, 5.41) is 11.4. The van der Waals surface area contributed by atoms with Crippen molar-refractivity contribution >= 4 is 23.3 Å². The lowest BCUT2D eigenvalue weighted by atomic mass is 10.1. The molecular formula is C14H15NO5. The molecule has 2 atom stereocenters. The number of benzene rings is 1. The Kier molecular flexibility index (Phi) is 4.14. The minimum Gasteiger partial charge on any atom is -0.479 e. The molecule has 0 aliphatic carbocycles. The van der Waals surface area contributed by atoms with Gasteiger partial charge in [0.1, 0.15) is 6.10 Å². The molecule has 2 unspecified atom stereocenters. The van der Waals surface area contributed by atoms with Crippen LogP contribution in [0.2, 0.25) is 0 Å². The van der Waals surface area contributed by atoms with Crippen molar-refractivity contribution in [3.8, 4) is 0 Å². The highest BCUT2D eigenvalue weighted by atomic mass is 16.5. The molecular weight excluding hydrogens is 262 g/mol. The van der Waals surface area contributed by atoms with Crippen molar-refractivity contribution in [2.24, 2.45) is 0 Å². The standard InChI is InChI=1S/C14H15NO5/c1-8(16)9-3-2-4-10(7-9)15-13(17)11-5-6-12(20-11)14(18)19/h2-4,7,11-12H,5-6H2,1H3,(H,15,17)(H,18,19). The smallest absolute Gasteiger partial charge is 0.332 e. The number of rotatable bonds is 4. The summed E-state index contributed by atoms with van der Waals surface area (Å²) in [5.41, 5.74) is 0.989. The van der Waals surface area contributed by atoms with Gasteiger partial charge in [-0.3, -0.25) is 9.59 Å². The molecule has 2 N–H and O–H groups in total. The summed E-state index contributed by atoms with van der Waals surface area (Å²) in [6.45, 7) is 1.44. The van der Waals surface area contributed by atoms with Crippen LogP contribution in [0.5, 0.6) is 0 Å². The van der Waals surface area contributed by atoms with Crippen LogP contribution < -0.4 is 5.32 Å². The topological polar surface area (TPSA) is 92.7 Å². The lowest BCUT2D eigenvalue weighted by Crippen LogP contribution is -2.29. The van der Waals surface area contributed by atoms with E-state index in [9.17, 15) is 14.4 Å². The molecule has 1 aromatic rings. The summed E-state index contributed by atoms with van der Waals surface area (Å²) in [6.07, 6.45) is -0.998. The van der Waals surface area contributed by atoms with Gasteiger partial charge in [-0.2, -0.15) is 0 Å². The first-order valence-corrected chi connectivity index (χ1v) is 6.27. The molecule has 0 bridgehead atoms. The van der Waals surface area contributed by atoms with Crippen molar-refractivity contribution in [1.82, 2.24) is 0 Å². The Balaban J connectivity index is 2.00. The van der Waals surface area contributed by atoms with Gasteiger partial charge in [-0.05, 0) is 31.9 Å². The largest absolute Gasteiger partial charge is 0.479 e. The molecule has 1 aliphatic rings. The summed E-state index contributed by atoms with van der Waals surface area (Å²) in [5.74, 6) is -1.54. The predicted molar refractivity (Wildman–Crippen MR) is 70.6 cm³/mol. The van der Waals surface area contributed by atoms with E-state index in [1.54, 1.807) is 24.3 Å². The average Bonchev–Trinajstić information content (AvgIpc) is 2.88. The van der Waals surface area contributed by atoms with E-state index in [-0.39, 0.29) is 5.78 Å². The van der Waals surface area contributed by atoms with Gasteiger partial charge >= 0.3 is 5.97 Å². The van der Waals surface area contributed by atoms with E-state index in [4.69, 9.17) is 9.84 Å². The summed E-state index contributed by atoms with van der Waals surface area (Å²) < 4.78 is 5.16. The van der Waals surface area contributed by atoms with Crippen LogP contribution in [-0.2, 0) is 14.3 Å². The molecule has 1 amide bonds. The third-order valence-electron chi connectivity index (χ3n) is 3.12. The number of carbonyl (C=O) groups is 3. The number of anilines is 1. The number of carbonyl (C=O) groups excluding carboxylic acids is 2. The summed E-state index contributed by atoms with van der Waals surface area (Å²) >= 11 is 0. The van der Waals surface area contributed by atoms with Gasteiger partial charge < -0.3 is 15.2 Å². The van der Waals surface area contributed by atoms with E-state index in [0.29, 0.717) is 24.1 Å². The number of Topliss-reactive ketones (excluding diaryl/α,β-unsaturated/α-hetero) is 1. The fraction of sp³-hybridized carbons (Fsp3) is 0.357. The highest BCUT2D eigenvalue weighted by molar-refractivity contribution is 5.98. The number of hydrogen-bond donors (Lipinski definition) is 2. The fourth-order valence-electron chi connectivity index (χ4n) is 2.05. The number of carboxylic acids is 1. The maximum absolute atomic E-state index is 12.0. The number of ketones is 1. The van der Waals surface area contributed by atoms with Crippen LogP contribution in [0.15, 0.2) is 24.3 Å². The second kappa shape index (κ2) is 5.83. The summed E-state index contributed by atoms with van der Waals surface area (Å²) in [4.78, 5) is 34.0. The quantitative estimate of drug-likeness (QED) is 0.813. The maximum Gasteiger partial charge on any atom is 0.332 e. The Morgan fingerprint density at radius 1 is 1.25 bits per heavy atom. The van der Waals surface area contributed by atoms with Gasteiger partial charge in [0, 0.05) is 11.3 Å². The molecule has 0 saturated carbocycles. The SMILES string of the molecule is CC(=O)c1cccc(NC(=O)C2CCC(C(=O)O)O2)c1. The molecule has 1 heterocycles. The van der Waals surface area contributed by atoms with E-state index < -0.39 is 24.1 Å². The van der Waals surface area contributed by atoms with Crippen molar-refractivity contribution in [2.45, 2.75) is 32.0 Å². The third kappa shape index (κ3) is 3.21. The van der Waals surface area contributed by atoms with Gasteiger partial charge in [0.15, 0.2) is 11.9 Å². The van der Waals surface area contributed by atoms with Crippen molar-refractivity contribution in [3.63, 3.8) is 0 Å². The van der Waals surface area contributed by atoms with Crippen molar-refractivity contribution in [3.05, 3.63) is 29.8 Å². The zero-order chi connectivity index (χ0) is 14.7. The Morgan fingerprint density at radius 3 is 2.55 bits per heavy atom. The third-order valence-corrected chi connectivity index (χ3v) is 3.12. The maximum atomic E-state index is 12.0. The van der Waals surface area contributed by atoms with E-state index in [1.807, 2.05) is 0 Å². The van der Waals surface area contributed by atoms with Crippen molar-refractivity contribution in [2.75, 3.05) is 5.32 Å². The predicted octanol–water partition coefficient (Wildman–Crippen LogP) is 1.46. The highest BCUT2D eigenvalue weighted by Gasteiger charge is 2.34. The fourth-order valence-corrected chi connectivity index (χ4v) is 2.05. The van der Waals surface area contributed by atoms with Gasteiger partial charge in [0.2, 0.25) is 0 Å². The number of hydrogen-bond acceptors (Lipinski definition) is 4. The van der Waals surface area contributed by atoms with Crippen LogP contribution in [0, 0.1) is 0 Å². The molecule has 1 aliphatic heterocycles. The zero-order valence-electron chi connectivity index (χ0n) is 11.0. The summed E-state index contributed by atoms with van der Waals surface area (Å²) in [7, 11) is 0. The van der Waals surface area contributed by atoms with Crippen molar-refractivity contribution in [1.29, 1.82) is 0 Å². The van der Waals surface area contributed by atoms with Gasteiger partial charge in [-0.1, -0.05) is 12.1 Å². The van der Waals surface area contributed by atoms with Crippen molar-refractivity contribution < 1.29 is 24.2 Å². The minimum atomic E-state index is -1.06. The Hall–Kier alpha value is -2.21. The Labute approximate surface area is 115 Å². The van der Waals surface area contributed by atoms with Crippen LogP contribution >= 0.6 is 0 Å². The summed E-state index contributed by atoms with van der Waals surface area (Å²) in [6, 6.07) is 6.56. The van der Waals surface area contributed by atoms with Crippen LogP contribution in [0.3, 0.4) is 0 Å². The zero-order valence-corrected chi connectivity index (χ0v) is 11.0.